The summed E-state index contributed by atoms with van der Waals surface area (Å²) in [5.41, 5.74) is 9.39. The molecule has 152 valence electrons. The van der Waals surface area contributed by atoms with Crippen molar-refractivity contribution in [3.05, 3.63) is 63.3 Å². The van der Waals surface area contributed by atoms with Crippen molar-refractivity contribution >= 4 is 51.8 Å². The highest BCUT2D eigenvalue weighted by Gasteiger charge is 2.20. The highest BCUT2D eigenvalue weighted by atomic mass is 32.1. The standard InChI is InChI=1S/C21H18BN7OS/c1-3-12-6-4-5-7-13(12)29-14(26-20-15(21(29)30)11(2)9-31-20)8-28-19-16(17(22)27-28)18(23)24-10-25-19/h4-7,9-10H,3,8H2,1-2H3,(H2,23,24,25). The lowest BCUT2D eigenvalue weighted by Gasteiger charge is -2.16. The molecule has 8 nitrogen and oxygen atoms in total. The number of thiophene rings is 1. The normalized spacial score (nSPS) is 11.5. The fourth-order valence-corrected chi connectivity index (χ4v) is 4.78. The Bertz CT molecular complexity index is 1520. The molecule has 2 N–H and O–H groups in total. The third-order valence-corrected chi connectivity index (χ3v) is 6.34. The lowest BCUT2D eigenvalue weighted by molar-refractivity contribution is 0.653. The molecule has 0 aliphatic carbocycles. The minimum Gasteiger partial charge on any atom is -0.383 e. The molecule has 31 heavy (non-hydrogen) atoms. The monoisotopic (exact) mass is 427 g/mol. The van der Waals surface area contributed by atoms with Crippen molar-refractivity contribution < 1.29 is 0 Å². The Morgan fingerprint density at radius 1 is 1.19 bits per heavy atom. The van der Waals surface area contributed by atoms with Gasteiger partial charge >= 0.3 is 0 Å². The van der Waals surface area contributed by atoms with Crippen LogP contribution in [-0.4, -0.2) is 37.1 Å². The molecule has 0 atom stereocenters. The number of nitrogens with two attached hydrogens (primary N) is 1. The molecule has 4 aromatic heterocycles. The molecule has 4 heterocycles. The van der Waals surface area contributed by atoms with Crippen LogP contribution in [0.1, 0.15) is 23.9 Å². The van der Waals surface area contributed by atoms with E-state index in [2.05, 4.69) is 22.0 Å². The predicted octanol–water partition coefficient (Wildman–Crippen LogP) is 1.88. The number of benzene rings is 1. The summed E-state index contributed by atoms with van der Waals surface area (Å²) in [6, 6.07) is 7.85. The van der Waals surface area contributed by atoms with Crippen LogP contribution in [0.4, 0.5) is 5.82 Å². The number of nitrogen functional groups attached to an aromatic ring is 1. The number of aromatic nitrogens is 6. The Morgan fingerprint density at radius 2 is 2.00 bits per heavy atom. The summed E-state index contributed by atoms with van der Waals surface area (Å²) < 4.78 is 3.29. The first-order valence-electron chi connectivity index (χ1n) is 9.80. The lowest BCUT2D eigenvalue weighted by Crippen LogP contribution is -2.26. The third-order valence-electron chi connectivity index (χ3n) is 5.35. The zero-order valence-electron chi connectivity index (χ0n) is 17.0. The maximum atomic E-state index is 13.6. The van der Waals surface area contributed by atoms with E-state index in [-0.39, 0.29) is 23.5 Å². The number of nitrogens with zero attached hydrogens (tertiary/aromatic N) is 6. The first-order chi connectivity index (χ1) is 15.0. The molecule has 0 saturated heterocycles. The van der Waals surface area contributed by atoms with Gasteiger partial charge in [-0.2, -0.15) is 5.10 Å². The first kappa shape index (κ1) is 19.4. The maximum absolute atomic E-state index is 13.6. The van der Waals surface area contributed by atoms with Crippen molar-refractivity contribution in [2.45, 2.75) is 26.8 Å². The van der Waals surface area contributed by atoms with Crippen molar-refractivity contribution in [1.29, 1.82) is 0 Å². The van der Waals surface area contributed by atoms with Crippen LogP contribution in [0, 0.1) is 6.92 Å². The van der Waals surface area contributed by atoms with E-state index in [1.807, 2.05) is 36.6 Å². The minimum atomic E-state index is -0.0989. The van der Waals surface area contributed by atoms with Gasteiger partial charge in [0.15, 0.2) is 5.65 Å². The van der Waals surface area contributed by atoms with Crippen molar-refractivity contribution in [2.75, 3.05) is 5.73 Å². The highest BCUT2D eigenvalue weighted by Crippen LogP contribution is 2.24. The van der Waals surface area contributed by atoms with E-state index in [4.69, 9.17) is 18.6 Å². The Balaban J connectivity index is 1.80. The Hall–Kier alpha value is -3.53. The smallest absolute Gasteiger partial charge is 0.267 e. The second-order valence-corrected chi connectivity index (χ2v) is 8.11. The van der Waals surface area contributed by atoms with Crippen LogP contribution in [0.25, 0.3) is 26.9 Å². The molecule has 5 rings (SSSR count). The van der Waals surface area contributed by atoms with E-state index < -0.39 is 0 Å². The van der Waals surface area contributed by atoms with Gasteiger partial charge in [-0.15, -0.1) is 11.3 Å². The molecule has 10 heteroatoms. The first-order valence-corrected chi connectivity index (χ1v) is 10.7. The van der Waals surface area contributed by atoms with Crippen LogP contribution in [0.5, 0.6) is 0 Å². The van der Waals surface area contributed by atoms with E-state index >= 15 is 0 Å². The van der Waals surface area contributed by atoms with Gasteiger partial charge in [-0.3, -0.25) is 9.36 Å². The van der Waals surface area contributed by atoms with Gasteiger partial charge in [0, 0.05) is 5.59 Å². The quantitative estimate of drug-likeness (QED) is 0.439. The van der Waals surface area contributed by atoms with Crippen LogP contribution in [0.2, 0.25) is 0 Å². The summed E-state index contributed by atoms with van der Waals surface area (Å²) >= 11 is 1.45. The van der Waals surface area contributed by atoms with E-state index in [0.717, 1.165) is 23.2 Å². The van der Waals surface area contributed by atoms with E-state index in [1.165, 1.54) is 17.7 Å². The van der Waals surface area contributed by atoms with Gasteiger partial charge in [-0.1, -0.05) is 25.1 Å². The van der Waals surface area contributed by atoms with Gasteiger partial charge in [0.05, 0.1) is 16.5 Å². The molecule has 0 aliphatic heterocycles. The molecule has 1 aromatic carbocycles. The van der Waals surface area contributed by atoms with Crippen LogP contribution in [0.3, 0.4) is 0 Å². The van der Waals surface area contributed by atoms with Crippen molar-refractivity contribution in [2.24, 2.45) is 0 Å². The average molecular weight is 427 g/mol. The van der Waals surface area contributed by atoms with Gasteiger partial charge < -0.3 is 5.73 Å². The van der Waals surface area contributed by atoms with Gasteiger partial charge in [-0.05, 0) is 35.9 Å². The molecule has 0 fully saturated rings. The molecule has 0 aliphatic rings. The minimum absolute atomic E-state index is 0.0989. The van der Waals surface area contributed by atoms with E-state index in [1.54, 1.807) is 9.25 Å². The number of fused-ring (bicyclic) bond motifs is 2. The topological polar surface area (TPSA) is 105 Å². The van der Waals surface area contributed by atoms with Crippen molar-refractivity contribution in [1.82, 2.24) is 29.3 Å². The SMILES string of the molecule is [B]c1nn(Cc2nc3scc(C)c3c(=O)n2-c2ccccc2CC)c2ncnc(N)c12. The second-order valence-electron chi connectivity index (χ2n) is 7.25. The number of hydrogen-bond acceptors (Lipinski definition) is 7. The third kappa shape index (κ3) is 3.02. The fourth-order valence-electron chi connectivity index (χ4n) is 3.85. The second kappa shape index (κ2) is 7.31. The van der Waals surface area contributed by atoms with Crippen molar-refractivity contribution in [3.8, 4) is 5.69 Å². The fraction of sp³-hybridized carbons (Fsp3) is 0.190. The zero-order chi connectivity index (χ0) is 21.7. The van der Waals surface area contributed by atoms with Crippen molar-refractivity contribution in [3.63, 3.8) is 0 Å². The molecule has 0 spiro atoms. The zero-order valence-corrected chi connectivity index (χ0v) is 17.8. The summed E-state index contributed by atoms with van der Waals surface area (Å²) in [4.78, 5) is 27.5. The number of hydrogen-bond donors (Lipinski definition) is 1. The van der Waals surface area contributed by atoms with Crippen LogP contribution in [-0.2, 0) is 13.0 Å². The number of rotatable bonds is 4. The highest BCUT2D eigenvalue weighted by molar-refractivity contribution is 7.16. The molecule has 0 saturated carbocycles. The summed E-state index contributed by atoms with van der Waals surface area (Å²) in [5.74, 6) is 0.807. The summed E-state index contributed by atoms with van der Waals surface area (Å²) in [7, 11) is 6.07. The van der Waals surface area contributed by atoms with E-state index in [9.17, 15) is 4.79 Å². The van der Waals surface area contributed by atoms with Crippen LogP contribution in [0.15, 0.2) is 40.8 Å². The molecular formula is C21H18BN7OS. The molecule has 2 radical (unpaired) electrons. The molecule has 5 aromatic rings. The van der Waals surface area contributed by atoms with Crippen LogP contribution < -0.4 is 16.9 Å². The largest absolute Gasteiger partial charge is 0.383 e. The van der Waals surface area contributed by atoms with E-state index in [0.29, 0.717) is 27.1 Å². The molecular weight excluding hydrogens is 409 g/mol. The Morgan fingerprint density at radius 3 is 2.81 bits per heavy atom. The number of aryl methyl sites for hydroxylation is 2. The summed E-state index contributed by atoms with van der Waals surface area (Å²) in [5, 5.41) is 7.48. The number of anilines is 1. The molecule has 0 bridgehead atoms. The lowest BCUT2D eigenvalue weighted by atomic mass is 10.0. The van der Waals surface area contributed by atoms with Gasteiger partial charge in [0.1, 0.15) is 37.2 Å². The maximum Gasteiger partial charge on any atom is 0.267 e. The molecule has 0 amide bonds. The Kier molecular flexibility index (Phi) is 4.59. The van der Waals surface area contributed by atoms with Crippen LogP contribution >= 0.6 is 11.3 Å². The van der Waals surface area contributed by atoms with Gasteiger partial charge in [0.25, 0.3) is 5.56 Å². The summed E-state index contributed by atoms with van der Waals surface area (Å²) in [6.07, 6.45) is 2.15. The Labute approximate surface area is 182 Å². The van der Waals surface area contributed by atoms with Gasteiger partial charge in [0.2, 0.25) is 0 Å². The average Bonchev–Trinajstić information content (AvgIpc) is 3.29. The predicted molar refractivity (Wildman–Crippen MR) is 124 cm³/mol. The number of para-hydroxylation sites is 1. The molecule has 0 unspecified atom stereocenters. The van der Waals surface area contributed by atoms with Gasteiger partial charge in [-0.25, -0.2) is 19.6 Å². The summed E-state index contributed by atoms with van der Waals surface area (Å²) in [6.45, 7) is 4.19.